The number of halogens is 3. The van der Waals surface area contributed by atoms with E-state index in [1.807, 2.05) is 0 Å². The minimum Gasteiger partial charge on any atom is -0.224 e. The van der Waals surface area contributed by atoms with Crippen LogP contribution in [-0.4, -0.2) is 14.7 Å². The molecule has 0 fully saturated rings. The summed E-state index contributed by atoms with van der Waals surface area (Å²) >= 11 is 8.56. The molecule has 0 heterocycles. The summed E-state index contributed by atoms with van der Waals surface area (Å²) in [6, 6.07) is 2.11. The third kappa shape index (κ3) is 2.42. The lowest BCUT2D eigenvalue weighted by Crippen LogP contribution is -2.00. The van der Waals surface area contributed by atoms with Crippen molar-refractivity contribution in [2.75, 3.05) is 6.26 Å². The molecule has 0 amide bonds. The third-order valence-corrected chi connectivity index (χ3v) is 3.68. The molecular weight excluding hydrogens is 282 g/mol. The van der Waals surface area contributed by atoms with Crippen molar-refractivity contribution in [1.29, 1.82) is 0 Å². The Morgan fingerprint density at radius 2 is 2.00 bits per heavy atom. The van der Waals surface area contributed by atoms with Gasteiger partial charge in [-0.3, -0.25) is 0 Å². The van der Waals surface area contributed by atoms with Crippen molar-refractivity contribution in [2.45, 2.75) is 4.90 Å². The maximum atomic E-state index is 13.0. The van der Waals surface area contributed by atoms with Gasteiger partial charge >= 0.3 is 0 Å². The van der Waals surface area contributed by atoms with Gasteiger partial charge in [0.2, 0.25) is 0 Å². The first-order valence-electron chi connectivity index (χ1n) is 3.17. The number of hydrogen-bond donors (Lipinski definition) is 0. The lowest BCUT2D eigenvalue weighted by molar-refractivity contribution is 0.570. The maximum absolute atomic E-state index is 13.0. The van der Waals surface area contributed by atoms with Gasteiger partial charge in [0.25, 0.3) is 0 Å². The van der Waals surface area contributed by atoms with E-state index in [2.05, 4.69) is 15.9 Å². The Labute approximate surface area is 88.8 Å². The van der Waals surface area contributed by atoms with Gasteiger partial charge in [-0.2, -0.15) is 0 Å². The molecule has 1 aromatic rings. The van der Waals surface area contributed by atoms with Crippen LogP contribution in [0, 0.1) is 5.82 Å². The van der Waals surface area contributed by atoms with Crippen molar-refractivity contribution in [1.82, 2.24) is 0 Å². The summed E-state index contributed by atoms with van der Waals surface area (Å²) in [5, 5.41) is 0.143. The van der Waals surface area contributed by atoms with Crippen molar-refractivity contribution >= 4 is 37.4 Å². The highest BCUT2D eigenvalue weighted by Gasteiger charge is 2.15. The average molecular weight is 288 g/mol. The van der Waals surface area contributed by atoms with Crippen LogP contribution in [0.25, 0.3) is 0 Å². The van der Waals surface area contributed by atoms with Gasteiger partial charge in [0.15, 0.2) is 9.84 Å². The van der Waals surface area contributed by atoms with Gasteiger partial charge in [0, 0.05) is 10.7 Å². The highest BCUT2D eigenvalue weighted by molar-refractivity contribution is 9.10. The van der Waals surface area contributed by atoms with E-state index in [1.165, 1.54) is 0 Å². The fourth-order valence-corrected chi connectivity index (χ4v) is 2.18. The molecule has 0 aliphatic rings. The minimum absolute atomic E-state index is 0.143. The fraction of sp³-hybridized carbons (Fsp3) is 0.143. The minimum atomic E-state index is -3.54. The molecule has 1 rings (SSSR count). The molecule has 0 unspecified atom stereocenters. The monoisotopic (exact) mass is 286 g/mol. The molecule has 1 aromatic carbocycles. The lowest BCUT2D eigenvalue weighted by atomic mass is 10.3. The molecule has 6 heteroatoms. The molecule has 0 aliphatic carbocycles. The van der Waals surface area contributed by atoms with Gasteiger partial charge in [0.05, 0.1) is 5.02 Å². The summed E-state index contributed by atoms with van der Waals surface area (Å²) in [5.41, 5.74) is 0. The second-order valence-electron chi connectivity index (χ2n) is 2.47. The van der Waals surface area contributed by atoms with Crippen molar-refractivity contribution in [2.24, 2.45) is 0 Å². The summed E-state index contributed by atoms with van der Waals surface area (Å²) in [7, 11) is -3.54. The van der Waals surface area contributed by atoms with Gasteiger partial charge in [-0.25, -0.2) is 12.8 Å². The predicted molar refractivity (Wildman–Crippen MR) is 52.2 cm³/mol. The number of sulfone groups is 1. The molecule has 0 atom stereocenters. The molecule has 2 nitrogen and oxygen atoms in total. The largest absolute Gasteiger partial charge is 0.224 e. The van der Waals surface area contributed by atoms with Crippen LogP contribution in [0.3, 0.4) is 0 Å². The van der Waals surface area contributed by atoms with Crippen LogP contribution in [0.15, 0.2) is 21.5 Å². The molecule has 0 N–H and O–H groups in total. The average Bonchev–Trinajstić information content (AvgIpc) is 1.94. The predicted octanol–water partition coefficient (Wildman–Crippen LogP) is 2.65. The Hall–Kier alpha value is -0.130. The van der Waals surface area contributed by atoms with E-state index < -0.39 is 15.7 Å². The second-order valence-corrected chi connectivity index (χ2v) is 5.71. The Bertz CT molecular complexity index is 444. The third-order valence-electron chi connectivity index (χ3n) is 1.37. The van der Waals surface area contributed by atoms with Gasteiger partial charge in [-0.05, 0) is 28.1 Å². The number of rotatable bonds is 1. The molecule has 0 radical (unpaired) electrons. The highest BCUT2D eigenvalue weighted by atomic mass is 79.9. The molecule has 13 heavy (non-hydrogen) atoms. The summed E-state index contributed by atoms with van der Waals surface area (Å²) in [5.74, 6) is -0.837. The Morgan fingerprint density at radius 3 is 2.46 bits per heavy atom. The van der Waals surface area contributed by atoms with Crippen LogP contribution in [0.2, 0.25) is 5.02 Å². The quantitative estimate of drug-likeness (QED) is 0.744. The SMILES string of the molecule is CS(=O)(=O)c1cc(Br)c(Cl)cc1F. The van der Waals surface area contributed by atoms with Gasteiger partial charge in [-0.15, -0.1) is 0 Å². The van der Waals surface area contributed by atoms with E-state index in [1.54, 1.807) is 0 Å². The van der Waals surface area contributed by atoms with E-state index in [4.69, 9.17) is 11.6 Å². The van der Waals surface area contributed by atoms with Crippen molar-refractivity contribution in [3.05, 3.63) is 27.4 Å². The summed E-state index contributed by atoms with van der Waals surface area (Å²) in [4.78, 5) is -0.358. The maximum Gasteiger partial charge on any atom is 0.178 e. The molecule has 0 saturated heterocycles. The van der Waals surface area contributed by atoms with Crippen LogP contribution in [0.4, 0.5) is 4.39 Å². The van der Waals surface area contributed by atoms with E-state index in [9.17, 15) is 12.8 Å². The van der Waals surface area contributed by atoms with Crippen LogP contribution >= 0.6 is 27.5 Å². The summed E-state index contributed by atoms with van der Waals surface area (Å²) < 4.78 is 35.4. The van der Waals surface area contributed by atoms with E-state index in [0.29, 0.717) is 4.47 Å². The normalized spacial score (nSPS) is 11.7. The zero-order valence-corrected chi connectivity index (χ0v) is 9.67. The highest BCUT2D eigenvalue weighted by Crippen LogP contribution is 2.27. The molecular formula is C7H5BrClFO2S. The topological polar surface area (TPSA) is 34.1 Å². The van der Waals surface area contributed by atoms with Gasteiger partial charge in [0.1, 0.15) is 10.7 Å². The van der Waals surface area contributed by atoms with Crippen LogP contribution in [0.1, 0.15) is 0 Å². The number of hydrogen-bond acceptors (Lipinski definition) is 2. The zero-order chi connectivity index (χ0) is 10.2. The van der Waals surface area contributed by atoms with Gasteiger partial charge < -0.3 is 0 Å². The van der Waals surface area contributed by atoms with Gasteiger partial charge in [-0.1, -0.05) is 11.6 Å². The first-order valence-corrected chi connectivity index (χ1v) is 6.23. The standard InChI is InChI=1S/C7H5BrClFO2S/c1-13(11,12)7-2-4(8)5(9)3-6(7)10/h2-3H,1H3. The van der Waals surface area contributed by atoms with Crippen LogP contribution < -0.4 is 0 Å². The fourth-order valence-electron chi connectivity index (χ4n) is 0.788. The Morgan fingerprint density at radius 1 is 1.46 bits per heavy atom. The zero-order valence-electron chi connectivity index (χ0n) is 6.51. The van der Waals surface area contributed by atoms with Crippen LogP contribution in [-0.2, 0) is 9.84 Å². The molecule has 0 saturated carbocycles. The van der Waals surface area contributed by atoms with E-state index >= 15 is 0 Å². The van der Waals surface area contributed by atoms with Crippen molar-refractivity contribution in [3.8, 4) is 0 Å². The smallest absolute Gasteiger partial charge is 0.178 e. The van der Waals surface area contributed by atoms with Crippen LogP contribution in [0.5, 0.6) is 0 Å². The second kappa shape index (κ2) is 3.55. The Kier molecular flexibility index (Phi) is 2.99. The van der Waals surface area contributed by atoms with E-state index in [0.717, 1.165) is 18.4 Å². The lowest BCUT2D eigenvalue weighted by Gasteiger charge is -2.02. The van der Waals surface area contributed by atoms with Crippen molar-refractivity contribution in [3.63, 3.8) is 0 Å². The van der Waals surface area contributed by atoms with E-state index in [-0.39, 0.29) is 9.92 Å². The molecule has 0 aliphatic heterocycles. The molecule has 0 aromatic heterocycles. The molecule has 72 valence electrons. The number of benzene rings is 1. The molecule has 0 spiro atoms. The first kappa shape index (κ1) is 10.9. The van der Waals surface area contributed by atoms with Crippen molar-refractivity contribution < 1.29 is 12.8 Å². The first-order chi connectivity index (χ1) is 5.82. The summed E-state index contributed by atoms with van der Waals surface area (Å²) in [6.07, 6.45) is 0.936. The Balaban J connectivity index is 3.50. The summed E-state index contributed by atoms with van der Waals surface area (Å²) in [6.45, 7) is 0. The molecule has 0 bridgehead atoms.